The molecule has 0 fully saturated rings. The molecule has 3 heteroatoms. The molecule has 13 heavy (non-hydrogen) atoms. The summed E-state index contributed by atoms with van der Waals surface area (Å²) in [5.74, 6) is 0. The molecule has 0 saturated heterocycles. The van der Waals surface area contributed by atoms with E-state index in [-0.39, 0.29) is 0 Å². The fourth-order valence-corrected chi connectivity index (χ4v) is 1.60. The van der Waals surface area contributed by atoms with Gasteiger partial charge in [-0.25, -0.2) is 4.39 Å². The highest BCUT2D eigenvalue weighted by atomic mass is 19.1. The van der Waals surface area contributed by atoms with Gasteiger partial charge < -0.3 is 10.3 Å². The fraction of sp³-hybridized carbons (Fsp3) is 0.200. The smallest absolute Gasteiger partial charge is 0.117 e. The monoisotopic (exact) mass is 178 g/mol. The first kappa shape index (κ1) is 8.10. The van der Waals surface area contributed by atoms with Crippen LogP contribution < -0.4 is 5.73 Å². The average Bonchev–Trinajstić information content (AvgIpc) is 2.42. The number of hydrogen-bond donors (Lipinski definition) is 1. The maximum absolute atomic E-state index is 12.5. The minimum absolute atomic E-state index is 0.444. The maximum atomic E-state index is 12.5. The van der Waals surface area contributed by atoms with Crippen molar-refractivity contribution in [1.82, 2.24) is 4.57 Å². The van der Waals surface area contributed by atoms with Crippen molar-refractivity contribution in [3.63, 3.8) is 0 Å². The normalized spacial score (nSPS) is 10.9. The van der Waals surface area contributed by atoms with Crippen LogP contribution in [0.2, 0.25) is 0 Å². The molecule has 0 unspecified atom stereocenters. The summed E-state index contributed by atoms with van der Waals surface area (Å²) < 4.78 is 14.5. The second kappa shape index (κ2) is 2.76. The third-order valence-corrected chi connectivity index (χ3v) is 2.24. The van der Waals surface area contributed by atoms with E-state index in [4.69, 9.17) is 5.73 Å². The van der Waals surface area contributed by atoms with Crippen LogP contribution in [0.15, 0.2) is 24.4 Å². The molecule has 2 rings (SSSR count). The summed E-state index contributed by atoms with van der Waals surface area (Å²) in [5, 5.41) is 0.907. The molecule has 1 heterocycles. The van der Waals surface area contributed by atoms with Crippen molar-refractivity contribution >= 4 is 16.6 Å². The van der Waals surface area contributed by atoms with E-state index in [1.165, 1.54) is 0 Å². The summed E-state index contributed by atoms with van der Waals surface area (Å²) in [6.07, 6.45) is 1.80. The van der Waals surface area contributed by atoms with Crippen LogP contribution in [0.25, 0.3) is 10.9 Å². The molecule has 0 atom stereocenters. The fourth-order valence-electron chi connectivity index (χ4n) is 1.60. The van der Waals surface area contributed by atoms with Gasteiger partial charge >= 0.3 is 0 Å². The molecule has 2 nitrogen and oxygen atoms in total. The molecular formula is C10H11FN2. The molecule has 0 radical (unpaired) electrons. The van der Waals surface area contributed by atoms with E-state index in [9.17, 15) is 4.39 Å². The molecule has 0 saturated carbocycles. The van der Waals surface area contributed by atoms with Gasteiger partial charge in [0.1, 0.15) is 6.67 Å². The van der Waals surface area contributed by atoms with Crippen LogP contribution in [0.1, 0.15) is 5.56 Å². The Morgan fingerprint density at radius 3 is 2.92 bits per heavy atom. The van der Waals surface area contributed by atoms with E-state index < -0.39 is 6.67 Å². The van der Waals surface area contributed by atoms with Gasteiger partial charge in [-0.2, -0.15) is 0 Å². The topological polar surface area (TPSA) is 30.9 Å². The molecule has 2 aromatic rings. The van der Waals surface area contributed by atoms with Crippen LogP contribution in [0, 0.1) is 0 Å². The van der Waals surface area contributed by atoms with Crippen molar-refractivity contribution in [3.8, 4) is 0 Å². The second-order valence-electron chi connectivity index (χ2n) is 3.18. The number of anilines is 1. The summed E-state index contributed by atoms with van der Waals surface area (Å²) in [6, 6.07) is 5.54. The second-order valence-corrected chi connectivity index (χ2v) is 3.18. The van der Waals surface area contributed by atoms with E-state index in [1.807, 2.05) is 29.8 Å². The highest BCUT2D eigenvalue weighted by Crippen LogP contribution is 2.23. The third-order valence-electron chi connectivity index (χ3n) is 2.24. The van der Waals surface area contributed by atoms with Crippen LogP contribution >= 0.6 is 0 Å². The van der Waals surface area contributed by atoms with E-state index in [0.29, 0.717) is 11.3 Å². The van der Waals surface area contributed by atoms with Gasteiger partial charge in [0.25, 0.3) is 0 Å². The van der Waals surface area contributed by atoms with E-state index in [0.717, 1.165) is 10.9 Å². The van der Waals surface area contributed by atoms with Gasteiger partial charge in [0, 0.05) is 35.4 Å². The highest BCUT2D eigenvalue weighted by Gasteiger charge is 2.05. The summed E-state index contributed by atoms with van der Waals surface area (Å²) in [4.78, 5) is 0. The Labute approximate surface area is 75.8 Å². The van der Waals surface area contributed by atoms with Crippen LogP contribution in [0.5, 0.6) is 0 Å². The lowest BCUT2D eigenvalue weighted by molar-refractivity contribution is 0.487. The zero-order valence-corrected chi connectivity index (χ0v) is 7.42. The molecule has 0 aliphatic rings. The SMILES string of the molecule is Cn1cc(CF)c2cc(N)ccc21. The summed E-state index contributed by atoms with van der Waals surface area (Å²) in [6.45, 7) is -0.444. The van der Waals surface area contributed by atoms with Crippen molar-refractivity contribution in [2.45, 2.75) is 6.67 Å². The lowest BCUT2D eigenvalue weighted by Gasteiger charge is -1.96. The molecule has 0 aliphatic heterocycles. The molecule has 68 valence electrons. The van der Waals surface area contributed by atoms with Crippen molar-refractivity contribution in [2.24, 2.45) is 7.05 Å². The number of nitrogen functional groups attached to an aromatic ring is 1. The van der Waals surface area contributed by atoms with Crippen molar-refractivity contribution in [3.05, 3.63) is 30.0 Å². The van der Waals surface area contributed by atoms with E-state index >= 15 is 0 Å². The Balaban J connectivity index is 2.81. The number of nitrogens with zero attached hydrogens (tertiary/aromatic N) is 1. The predicted octanol–water partition coefficient (Wildman–Crippen LogP) is 2.23. The van der Waals surface area contributed by atoms with Crippen molar-refractivity contribution < 1.29 is 4.39 Å². The highest BCUT2D eigenvalue weighted by molar-refractivity contribution is 5.86. The van der Waals surface area contributed by atoms with Crippen LogP contribution in [0.3, 0.4) is 0 Å². The Hall–Kier alpha value is -1.51. The van der Waals surface area contributed by atoms with Gasteiger partial charge in [-0.3, -0.25) is 0 Å². The lowest BCUT2D eigenvalue weighted by Crippen LogP contribution is -1.85. The zero-order chi connectivity index (χ0) is 9.42. The Kier molecular flexibility index (Phi) is 1.72. The quantitative estimate of drug-likeness (QED) is 0.667. The molecule has 1 aromatic carbocycles. The summed E-state index contributed by atoms with van der Waals surface area (Å²) >= 11 is 0. The number of alkyl halides is 1. The zero-order valence-electron chi connectivity index (χ0n) is 7.42. The first-order valence-electron chi connectivity index (χ1n) is 4.12. The number of fused-ring (bicyclic) bond motifs is 1. The van der Waals surface area contributed by atoms with Crippen molar-refractivity contribution in [2.75, 3.05) is 5.73 Å². The van der Waals surface area contributed by atoms with Crippen LogP contribution in [-0.4, -0.2) is 4.57 Å². The Morgan fingerprint density at radius 1 is 1.46 bits per heavy atom. The first-order chi connectivity index (χ1) is 6.22. The lowest BCUT2D eigenvalue weighted by atomic mass is 10.2. The van der Waals surface area contributed by atoms with Gasteiger partial charge in [0.15, 0.2) is 0 Å². The standard InChI is InChI=1S/C10H11FN2/c1-13-6-7(5-11)9-4-8(12)2-3-10(9)13/h2-4,6H,5,12H2,1H3. The van der Waals surface area contributed by atoms with Crippen LogP contribution in [-0.2, 0) is 13.7 Å². The molecule has 1 aromatic heterocycles. The third kappa shape index (κ3) is 1.16. The number of hydrogen-bond acceptors (Lipinski definition) is 1. The van der Waals surface area contributed by atoms with Gasteiger partial charge in [-0.1, -0.05) is 0 Å². The number of halogens is 1. The predicted molar refractivity (Wildman–Crippen MR) is 52.1 cm³/mol. The molecule has 0 bridgehead atoms. The minimum Gasteiger partial charge on any atom is -0.399 e. The average molecular weight is 178 g/mol. The number of rotatable bonds is 1. The number of benzene rings is 1. The van der Waals surface area contributed by atoms with Gasteiger partial charge in [-0.15, -0.1) is 0 Å². The maximum Gasteiger partial charge on any atom is 0.117 e. The minimum atomic E-state index is -0.444. The summed E-state index contributed by atoms with van der Waals surface area (Å²) in [7, 11) is 1.90. The molecular weight excluding hydrogens is 167 g/mol. The van der Waals surface area contributed by atoms with E-state index in [2.05, 4.69) is 0 Å². The Morgan fingerprint density at radius 2 is 2.23 bits per heavy atom. The van der Waals surface area contributed by atoms with Gasteiger partial charge in [-0.05, 0) is 18.2 Å². The number of aromatic nitrogens is 1. The first-order valence-corrected chi connectivity index (χ1v) is 4.12. The molecule has 0 aliphatic carbocycles. The number of nitrogens with two attached hydrogens (primary N) is 1. The largest absolute Gasteiger partial charge is 0.399 e. The molecule has 0 spiro atoms. The van der Waals surface area contributed by atoms with Crippen LogP contribution in [0.4, 0.5) is 10.1 Å². The van der Waals surface area contributed by atoms with Crippen molar-refractivity contribution in [1.29, 1.82) is 0 Å². The van der Waals surface area contributed by atoms with Gasteiger partial charge in [0.05, 0.1) is 0 Å². The van der Waals surface area contributed by atoms with Gasteiger partial charge in [0.2, 0.25) is 0 Å². The summed E-state index contributed by atoms with van der Waals surface area (Å²) in [5.41, 5.74) is 8.01. The Bertz CT molecular complexity index is 445. The van der Waals surface area contributed by atoms with E-state index in [1.54, 1.807) is 6.20 Å². The number of aryl methyl sites for hydroxylation is 1. The molecule has 2 N–H and O–H groups in total. The molecule has 0 amide bonds.